The first-order chi connectivity index (χ1) is 27.6. The Labute approximate surface area is 333 Å². The van der Waals surface area contributed by atoms with Crippen LogP contribution in [0.2, 0.25) is 0 Å². The van der Waals surface area contributed by atoms with Crippen LogP contribution in [0.25, 0.3) is 0 Å². The molecule has 0 unspecified atom stereocenters. The van der Waals surface area contributed by atoms with Crippen LogP contribution in [0.15, 0.2) is 94.9 Å². The van der Waals surface area contributed by atoms with E-state index in [1.165, 1.54) is 60.8 Å². The fraction of sp³-hybridized carbons (Fsp3) is 0.476. The maximum Gasteiger partial charge on any atom is 0.348 e. The summed E-state index contributed by atoms with van der Waals surface area (Å²) in [6.45, 7) is 4.17. The summed E-state index contributed by atoms with van der Waals surface area (Å²) < 4.78 is 44.4. The van der Waals surface area contributed by atoms with E-state index in [-0.39, 0.29) is 48.0 Å². The van der Waals surface area contributed by atoms with E-state index in [1.54, 1.807) is 0 Å². The first-order valence-corrected chi connectivity index (χ1v) is 19.4. The zero-order valence-electron chi connectivity index (χ0n) is 32.0. The van der Waals surface area contributed by atoms with Crippen LogP contribution in [-0.2, 0) is 66.7 Å². The molecule has 5 fully saturated rings. The molecule has 16 nitrogen and oxygen atoms in total. The summed E-state index contributed by atoms with van der Waals surface area (Å²) in [4.78, 5) is 76.2. The first-order valence-electron chi connectivity index (χ1n) is 19.4. The minimum absolute atomic E-state index is 0.0754. The Morgan fingerprint density at radius 1 is 0.414 bits per heavy atom. The summed E-state index contributed by atoms with van der Waals surface area (Å²) in [7, 11) is 0. The van der Waals surface area contributed by atoms with Gasteiger partial charge in [0.25, 0.3) is 35.0 Å². The van der Waals surface area contributed by atoms with Crippen molar-refractivity contribution in [3.63, 3.8) is 0 Å². The van der Waals surface area contributed by atoms with E-state index < -0.39 is 70.9 Å². The molecule has 0 amide bonds. The van der Waals surface area contributed by atoms with Gasteiger partial charge in [0.2, 0.25) is 0 Å². The Morgan fingerprint density at radius 2 is 0.707 bits per heavy atom. The van der Waals surface area contributed by atoms with E-state index >= 15 is 0 Å². The predicted molar refractivity (Wildman–Crippen MR) is 195 cm³/mol. The lowest BCUT2D eigenvalue weighted by molar-refractivity contribution is -0.302. The van der Waals surface area contributed by atoms with Gasteiger partial charge < -0.3 is 48.1 Å². The largest absolute Gasteiger partial charge is 0.480 e. The van der Waals surface area contributed by atoms with E-state index in [0.717, 1.165) is 25.7 Å². The Kier molecular flexibility index (Phi) is 10.9. The molecule has 4 spiro atoms. The number of hydrogen-bond acceptors (Lipinski definition) is 16. The number of carbonyl (C=O) groups is 6. The van der Waals surface area contributed by atoms with Gasteiger partial charge in [-0.3, -0.25) is 0 Å². The molecule has 58 heavy (non-hydrogen) atoms. The molecule has 16 heteroatoms. The third kappa shape index (κ3) is 8.31. The molecule has 3 aliphatic carbocycles. The van der Waals surface area contributed by atoms with Gasteiger partial charge >= 0.3 is 35.8 Å². The second-order valence-corrected chi connectivity index (χ2v) is 15.6. The average Bonchev–Trinajstić information content (AvgIpc) is 3.16. The van der Waals surface area contributed by atoms with E-state index in [0.29, 0.717) is 37.5 Å². The van der Waals surface area contributed by atoms with Crippen LogP contribution in [0.5, 0.6) is 0 Å². The van der Waals surface area contributed by atoms with Crippen molar-refractivity contribution in [1.29, 1.82) is 0 Å². The van der Waals surface area contributed by atoms with Gasteiger partial charge in [-0.15, -0.1) is 0 Å². The normalized spacial score (nSPS) is 34.4. The van der Waals surface area contributed by atoms with Crippen molar-refractivity contribution in [2.24, 2.45) is 11.8 Å². The van der Waals surface area contributed by atoms with Crippen molar-refractivity contribution in [3.8, 4) is 0 Å². The van der Waals surface area contributed by atoms with E-state index in [9.17, 15) is 39.0 Å². The topological polar surface area (TPSA) is 217 Å². The number of allylic oxidation sites excluding steroid dienone is 8. The molecule has 3 saturated carbocycles. The highest BCUT2D eigenvalue weighted by atomic mass is 16.8. The Morgan fingerprint density at radius 3 is 1.02 bits per heavy atom. The molecule has 0 aromatic heterocycles. The summed E-state index contributed by atoms with van der Waals surface area (Å²) in [5, 5.41) is 21.3. The number of carbonyl (C=O) groups excluding carboxylic acids is 6. The molecule has 4 heterocycles. The standard InChI is InChI=1S/C42H44O16/c1-25-13-17-39(18-14-25)51-31(43)27(32(44)52-39)9-5-3-7-11-29-35(47)55-41(56-36(29)48)21-23-42(24-22-41)57-37(49)30(38(50)58-42)12-8-4-6-10-28-33(45)53-40(54-34(28)46)19-15-26(2)16-20-40/h3-12,25-26,47,49H,13-24H2,1-2H3. The Bertz CT molecular complexity index is 1830. The minimum atomic E-state index is -1.60. The maximum absolute atomic E-state index is 12.9. The lowest BCUT2D eigenvalue weighted by Crippen LogP contribution is -2.53. The van der Waals surface area contributed by atoms with Crippen LogP contribution >= 0.6 is 0 Å². The molecule has 308 valence electrons. The van der Waals surface area contributed by atoms with Gasteiger partial charge in [0.1, 0.15) is 22.3 Å². The SMILES string of the molecule is CC1CCC2(CC1)OC(=O)C(=CC=CC=CC1=C(O)OC3(CCC4(CC3)OC(=O)C(C=CC=CC=C3C(=O)OC5(CCC(C)CC5)OC3=O)=C(O)O4)OC1=O)C(=O)O2. The second kappa shape index (κ2) is 15.7. The summed E-state index contributed by atoms with van der Waals surface area (Å²) in [5.41, 5.74) is -1.14. The summed E-state index contributed by atoms with van der Waals surface area (Å²) in [6.07, 6.45) is 17.8. The molecule has 7 aliphatic rings. The molecule has 0 aromatic rings. The van der Waals surface area contributed by atoms with Crippen LogP contribution in [0.1, 0.15) is 90.9 Å². The van der Waals surface area contributed by atoms with Gasteiger partial charge in [0.05, 0.1) is 0 Å². The number of rotatable bonds is 6. The van der Waals surface area contributed by atoms with Crippen LogP contribution in [0.4, 0.5) is 0 Å². The van der Waals surface area contributed by atoms with E-state index in [4.69, 9.17) is 37.9 Å². The third-order valence-electron chi connectivity index (χ3n) is 11.4. The van der Waals surface area contributed by atoms with Gasteiger partial charge in [-0.05, 0) is 61.8 Å². The number of esters is 6. The maximum atomic E-state index is 12.9. The number of ether oxygens (including phenoxy) is 8. The molecular weight excluding hydrogens is 760 g/mol. The van der Waals surface area contributed by atoms with Crippen molar-refractivity contribution < 1.29 is 76.9 Å². The highest BCUT2D eigenvalue weighted by molar-refractivity contribution is 6.16. The number of hydrogen-bond donors (Lipinski definition) is 2. The fourth-order valence-electron chi connectivity index (χ4n) is 7.75. The molecule has 0 radical (unpaired) electrons. The monoisotopic (exact) mass is 804 g/mol. The molecule has 4 aliphatic heterocycles. The summed E-state index contributed by atoms with van der Waals surface area (Å²) >= 11 is 0. The lowest BCUT2D eigenvalue weighted by atomic mass is 9.86. The second-order valence-electron chi connectivity index (χ2n) is 15.6. The van der Waals surface area contributed by atoms with Crippen molar-refractivity contribution in [2.75, 3.05) is 0 Å². The highest BCUT2D eigenvalue weighted by Crippen LogP contribution is 2.47. The average molecular weight is 805 g/mol. The van der Waals surface area contributed by atoms with Crippen molar-refractivity contribution in [2.45, 2.75) is 114 Å². The quantitative estimate of drug-likeness (QED) is 0.108. The number of aliphatic hydroxyl groups excluding tert-OH is 2. The Balaban J connectivity index is 0.906. The van der Waals surface area contributed by atoms with Gasteiger partial charge in [-0.25, -0.2) is 28.8 Å². The van der Waals surface area contributed by atoms with Gasteiger partial charge in [0, 0.05) is 51.4 Å². The third-order valence-corrected chi connectivity index (χ3v) is 11.4. The van der Waals surface area contributed by atoms with E-state index in [1.807, 2.05) is 0 Å². The van der Waals surface area contributed by atoms with Crippen LogP contribution < -0.4 is 0 Å². The van der Waals surface area contributed by atoms with Crippen LogP contribution in [0.3, 0.4) is 0 Å². The zero-order chi connectivity index (χ0) is 41.3. The minimum Gasteiger partial charge on any atom is -0.480 e. The molecule has 2 N–H and O–H groups in total. The van der Waals surface area contributed by atoms with Crippen LogP contribution in [-0.4, -0.2) is 69.2 Å². The van der Waals surface area contributed by atoms with Crippen LogP contribution in [0, 0.1) is 11.8 Å². The molecule has 0 atom stereocenters. The number of aliphatic hydroxyl groups is 2. The zero-order valence-corrected chi connectivity index (χ0v) is 32.0. The lowest BCUT2D eigenvalue weighted by Gasteiger charge is -2.46. The first kappa shape index (κ1) is 40.1. The van der Waals surface area contributed by atoms with Crippen molar-refractivity contribution >= 4 is 35.8 Å². The Hall–Kier alpha value is -6.06. The highest BCUT2D eigenvalue weighted by Gasteiger charge is 2.55. The summed E-state index contributed by atoms with van der Waals surface area (Å²) in [5.74, 6) is -11.0. The molecular formula is C42H44O16. The summed E-state index contributed by atoms with van der Waals surface area (Å²) in [6, 6.07) is 0. The predicted octanol–water partition coefficient (Wildman–Crippen LogP) is 5.73. The van der Waals surface area contributed by atoms with Crippen molar-refractivity contribution in [3.05, 3.63) is 94.9 Å². The van der Waals surface area contributed by atoms with Gasteiger partial charge in [-0.2, -0.15) is 0 Å². The molecule has 0 bridgehead atoms. The molecule has 0 aromatic carbocycles. The fourth-order valence-corrected chi connectivity index (χ4v) is 7.75. The smallest absolute Gasteiger partial charge is 0.348 e. The molecule has 2 saturated heterocycles. The van der Waals surface area contributed by atoms with Crippen molar-refractivity contribution in [1.82, 2.24) is 0 Å². The van der Waals surface area contributed by atoms with Gasteiger partial charge in [-0.1, -0.05) is 50.3 Å². The molecule has 7 rings (SSSR count). The van der Waals surface area contributed by atoms with Gasteiger partial charge in [0.15, 0.2) is 0 Å². The van der Waals surface area contributed by atoms with E-state index in [2.05, 4.69) is 13.8 Å².